The van der Waals surface area contributed by atoms with Gasteiger partial charge in [0.05, 0.1) is 26.2 Å². The van der Waals surface area contributed by atoms with Gasteiger partial charge in [-0.25, -0.2) is 0 Å². The maximum atomic E-state index is 10.4. The molecule has 0 unspecified atom stereocenters. The summed E-state index contributed by atoms with van der Waals surface area (Å²) in [5, 5.41) is 10.4. The summed E-state index contributed by atoms with van der Waals surface area (Å²) in [6.07, 6.45) is 23.9. The lowest BCUT2D eigenvalue weighted by Gasteiger charge is -2.42. The van der Waals surface area contributed by atoms with E-state index < -0.39 is 0 Å². The molecule has 1 rings (SSSR count). The average Bonchev–Trinajstić information content (AvgIpc) is 2.67. The predicted molar refractivity (Wildman–Crippen MR) is 110 cm³/mol. The van der Waals surface area contributed by atoms with Crippen molar-refractivity contribution in [3.8, 4) is 0 Å². The first-order valence-corrected chi connectivity index (χ1v) is 11.9. The molecule has 1 fully saturated rings. The van der Waals surface area contributed by atoms with Gasteiger partial charge in [0.15, 0.2) is 0 Å². The average molecular weight is 370 g/mol. The second-order valence-electron chi connectivity index (χ2n) is 8.71. The Balaban J connectivity index is 1.89. The fraction of sp³-hybridized carbons (Fsp3) is 1.00. The number of rotatable bonds is 18. The number of likely N-dealkylation sites (tertiary alicyclic amines) is 1. The lowest BCUT2D eigenvalue weighted by molar-refractivity contribution is -0.936. The van der Waals surface area contributed by atoms with Crippen LogP contribution in [0.1, 0.15) is 116 Å². The van der Waals surface area contributed by atoms with Crippen molar-refractivity contribution in [2.75, 3.05) is 32.8 Å². The van der Waals surface area contributed by atoms with Crippen molar-refractivity contribution in [2.24, 2.45) is 0 Å². The maximum Gasteiger partial charge on any atom is 0.101 e. The van der Waals surface area contributed by atoms with E-state index in [0.717, 1.165) is 11.0 Å². The molecule has 0 aromatic carbocycles. The summed E-state index contributed by atoms with van der Waals surface area (Å²) in [5.74, 6) is 0. The molecular weight excluding hydrogens is 322 g/mol. The van der Waals surface area contributed by atoms with Crippen LogP contribution < -0.4 is 5.26 Å². The second-order valence-corrected chi connectivity index (χ2v) is 8.71. The molecule has 1 saturated heterocycles. The molecule has 3 nitrogen and oxygen atoms in total. The molecule has 0 aromatic rings. The van der Waals surface area contributed by atoms with E-state index in [4.69, 9.17) is 0 Å². The standard InChI is InChI=1S/C23H47NO2/c1-2-3-4-5-6-7-8-9-10-11-12-13-14-16-19-24(22-23-26-25)20-17-15-18-21-24/h2-23H2,1H3. The predicted octanol–water partition coefficient (Wildman–Crippen LogP) is 5.76. The zero-order valence-corrected chi connectivity index (χ0v) is 17.8. The largest absolute Gasteiger partial charge is 0.723 e. The van der Waals surface area contributed by atoms with Crippen molar-refractivity contribution in [1.82, 2.24) is 0 Å². The molecule has 0 spiro atoms. The molecule has 156 valence electrons. The third kappa shape index (κ3) is 12.3. The Labute approximate surface area is 164 Å². The van der Waals surface area contributed by atoms with Crippen molar-refractivity contribution >= 4 is 0 Å². The third-order valence-electron chi connectivity index (χ3n) is 6.40. The van der Waals surface area contributed by atoms with Gasteiger partial charge in [-0.1, -0.05) is 84.0 Å². The monoisotopic (exact) mass is 369 g/mol. The van der Waals surface area contributed by atoms with Gasteiger partial charge in [0, 0.05) is 0 Å². The molecule has 0 atom stereocenters. The Morgan fingerprint density at radius 3 is 1.54 bits per heavy atom. The molecule has 0 aliphatic carbocycles. The number of hydrogen-bond acceptors (Lipinski definition) is 2. The van der Waals surface area contributed by atoms with E-state index in [-0.39, 0.29) is 0 Å². The van der Waals surface area contributed by atoms with E-state index >= 15 is 0 Å². The zero-order chi connectivity index (χ0) is 18.8. The minimum Gasteiger partial charge on any atom is -0.723 e. The number of unbranched alkanes of at least 4 members (excludes halogenated alkanes) is 13. The first-order chi connectivity index (χ1) is 12.8. The highest BCUT2D eigenvalue weighted by atomic mass is 17.1. The normalized spacial score (nSPS) is 16.8. The molecule has 0 aromatic heterocycles. The molecule has 0 N–H and O–H groups in total. The van der Waals surface area contributed by atoms with Gasteiger partial charge in [0.25, 0.3) is 0 Å². The number of nitrogens with zero attached hydrogens (tertiary/aromatic N) is 1. The highest BCUT2D eigenvalue weighted by molar-refractivity contribution is 4.56. The summed E-state index contributed by atoms with van der Waals surface area (Å²) in [7, 11) is 0. The minimum atomic E-state index is 0.388. The molecule has 26 heavy (non-hydrogen) atoms. The van der Waals surface area contributed by atoms with E-state index in [1.165, 1.54) is 129 Å². The van der Waals surface area contributed by atoms with Crippen LogP contribution in [0.5, 0.6) is 0 Å². The van der Waals surface area contributed by atoms with Crippen molar-refractivity contribution in [3.05, 3.63) is 0 Å². The van der Waals surface area contributed by atoms with E-state index in [1.807, 2.05) is 0 Å². The van der Waals surface area contributed by atoms with Gasteiger partial charge in [0.2, 0.25) is 0 Å². The Morgan fingerprint density at radius 1 is 0.615 bits per heavy atom. The van der Waals surface area contributed by atoms with E-state index in [2.05, 4.69) is 11.8 Å². The summed E-state index contributed by atoms with van der Waals surface area (Å²) < 4.78 is 1.15. The van der Waals surface area contributed by atoms with Crippen LogP contribution >= 0.6 is 0 Å². The third-order valence-corrected chi connectivity index (χ3v) is 6.40. The summed E-state index contributed by atoms with van der Waals surface area (Å²) >= 11 is 0. The maximum absolute atomic E-state index is 10.4. The van der Waals surface area contributed by atoms with Gasteiger partial charge in [-0.3, -0.25) is 0 Å². The number of quaternary nitrogens is 1. The van der Waals surface area contributed by atoms with Crippen molar-refractivity contribution in [3.63, 3.8) is 0 Å². The second kappa shape index (κ2) is 17.0. The highest BCUT2D eigenvalue weighted by Gasteiger charge is 2.28. The van der Waals surface area contributed by atoms with Crippen LogP contribution in [0.2, 0.25) is 0 Å². The van der Waals surface area contributed by atoms with Gasteiger partial charge in [0.1, 0.15) is 6.54 Å². The van der Waals surface area contributed by atoms with Crippen LogP contribution in [0.15, 0.2) is 0 Å². The van der Waals surface area contributed by atoms with Crippen LogP contribution in [0.25, 0.3) is 0 Å². The fourth-order valence-electron chi connectivity index (χ4n) is 4.61. The lowest BCUT2D eigenvalue weighted by atomic mass is 10.0. The Hall–Kier alpha value is -0.120. The van der Waals surface area contributed by atoms with Crippen LogP contribution in [0.4, 0.5) is 0 Å². The Bertz CT molecular complexity index is 290. The van der Waals surface area contributed by atoms with Crippen LogP contribution in [-0.2, 0) is 4.89 Å². The van der Waals surface area contributed by atoms with Crippen molar-refractivity contribution in [2.45, 2.75) is 116 Å². The molecule has 0 amide bonds. The van der Waals surface area contributed by atoms with Gasteiger partial charge in [-0.05, 0) is 32.1 Å². The molecule has 1 aliphatic rings. The number of piperidine rings is 1. The Kier molecular flexibility index (Phi) is 15.6. The molecule has 1 aliphatic heterocycles. The van der Waals surface area contributed by atoms with E-state index in [9.17, 15) is 5.26 Å². The minimum absolute atomic E-state index is 0.388. The van der Waals surface area contributed by atoms with Crippen molar-refractivity contribution < 1.29 is 14.6 Å². The summed E-state index contributed by atoms with van der Waals surface area (Å²) in [4.78, 5) is 4.13. The van der Waals surface area contributed by atoms with Gasteiger partial charge in [-0.2, -0.15) is 0 Å². The van der Waals surface area contributed by atoms with Crippen LogP contribution in [0, 0.1) is 0 Å². The lowest BCUT2D eigenvalue weighted by Crippen LogP contribution is -2.54. The van der Waals surface area contributed by atoms with Crippen LogP contribution in [-0.4, -0.2) is 37.3 Å². The smallest absolute Gasteiger partial charge is 0.101 e. The van der Waals surface area contributed by atoms with E-state index in [0.29, 0.717) is 6.61 Å². The van der Waals surface area contributed by atoms with Gasteiger partial charge >= 0.3 is 0 Å². The van der Waals surface area contributed by atoms with Gasteiger partial charge in [-0.15, -0.1) is 0 Å². The van der Waals surface area contributed by atoms with Crippen LogP contribution in [0.3, 0.4) is 0 Å². The molecule has 3 heteroatoms. The number of hydrogen-bond donors (Lipinski definition) is 0. The summed E-state index contributed by atoms with van der Waals surface area (Å²) in [5.41, 5.74) is 0. The van der Waals surface area contributed by atoms with Crippen molar-refractivity contribution in [1.29, 1.82) is 0 Å². The SMILES string of the molecule is CCCCCCCCCCCCCCCC[N+]1(CCO[O-])CCCCC1. The fourth-order valence-corrected chi connectivity index (χ4v) is 4.61. The Morgan fingerprint density at radius 2 is 1.08 bits per heavy atom. The molecule has 1 heterocycles. The first-order valence-electron chi connectivity index (χ1n) is 11.9. The molecule has 0 saturated carbocycles. The quantitative estimate of drug-likeness (QED) is 0.133. The summed E-state index contributed by atoms with van der Waals surface area (Å²) in [6.45, 7) is 7.41. The molecule has 0 radical (unpaired) electrons. The summed E-state index contributed by atoms with van der Waals surface area (Å²) in [6, 6.07) is 0. The highest BCUT2D eigenvalue weighted by Crippen LogP contribution is 2.20. The zero-order valence-electron chi connectivity index (χ0n) is 17.8. The topological polar surface area (TPSA) is 32.3 Å². The first kappa shape index (κ1) is 23.9. The van der Waals surface area contributed by atoms with Gasteiger partial charge < -0.3 is 14.6 Å². The van der Waals surface area contributed by atoms with E-state index in [1.54, 1.807) is 0 Å². The molecular formula is C23H47NO2. The molecule has 0 bridgehead atoms.